The fraction of sp³-hybridized carbons (Fsp3) is 0.250. The first-order valence-electron chi connectivity index (χ1n) is 7.38. The predicted molar refractivity (Wildman–Crippen MR) is 92.1 cm³/mol. The molecule has 118 valence electrons. The SMILES string of the molecule is CCc1cnc(CCNc2ccc3cc([N+](=O)[O-])ccc3n2)s1. The number of thiazole rings is 1. The highest BCUT2D eigenvalue weighted by Gasteiger charge is 2.07. The molecular weight excluding hydrogens is 312 g/mol. The summed E-state index contributed by atoms with van der Waals surface area (Å²) in [6.07, 6.45) is 3.80. The van der Waals surface area contributed by atoms with Crippen LogP contribution in [-0.2, 0) is 12.8 Å². The molecule has 0 saturated heterocycles. The van der Waals surface area contributed by atoms with E-state index in [1.54, 1.807) is 17.4 Å². The van der Waals surface area contributed by atoms with Gasteiger partial charge in [0, 0.05) is 41.6 Å². The van der Waals surface area contributed by atoms with Crippen molar-refractivity contribution in [2.45, 2.75) is 19.8 Å². The van der Waals surface area contributed by atoms with Gasteiger partial charge in [0.05, 0.1) is 15.4 Å². The van der Waals surface area contributed by atoms with Crippen molar-refractivity contribution in [1.29, 1.82) is 0 Å². The summed E-state index contributed by atoms with van der Waals surface area (Å²) in [6.45, 7) is 2.88. The number of pyridine rings is 1. The van der Waals surface area contributed by atoms with Crippen LogP contribution in [0.4, 0.5) is 11.5 Å². The molecule has 0 atom stereocenters. The van der Waals surface area contributed by atoms with Gasteiger partial charge in [-0.3, -0.25) is 10.1 Å². The summed E-state index contributed by atoms with van der Waals surface area (Å²) >= 11 is 1.74. The Kier molecular flexibility index (Phi) is 4.47. The summed E-state index contributed by atoms with van der Waals surface area (Å²) < 4.78 is 0. The van der Waals surface area contributed by atoms with E-state index >= 15 is 0 Å². The van der Waals surface area contributed by atoms with Gasteiger partial charge in [0.2, 0.25) is 0 Å². The fourth-order valence-corrected chi connectivity index (χ4v) is 3.11. The van der Waals surface area contributed by atoms with Gasteiger partial charge in [0.25, 0.3) is 5.69 Å². The standard InChI is InChI=1S/C16H16N4O2S/c1-2-13-10-18-16(23-13)7-8-17-15-6-3-11-9-12(20(21)22)4-5-14(11)19-15/h3-6,9-10H,2,7-8H2,1H3,(H,17,19). The van der Waals surface area contributed by atoms with E-state index in [0.29, 0.717) is 0 Å². The number of aromatic nitrogens is 2. The number of hydrogen-bond acceptors (Lipinski definition) is 6. The zero-order chi connectivity index (χ0) is 16.2. The molecule has 0 fully saturated rings. The Morgan fingerprint density at radius 3 is 2.91 bits per heavy atom. The molecule has 2 heterocycles. The fourth-order valence-electron chi connectivity index (χ4n) is 2.25. The van der Waals surface area contributed by atoms with E-state index in [0.717, 1.165) is 41.1 Å². The zero-order valence-corrected chi connectivity index (χ0v) is 13.5. The Balaban J connectivity index is 1.66. The minimum atomic E-state index is -0.399. The number of aryl methyl sites for hydroxylation is 1. The third kappa shape index (κ3) is 3.62. The minimum absolute atomic E-state index is 0.0792. The predicted octanol–water partition coefficient (Wildman–Crippen LogP) is 3.82. The van der Waals surface area contributed by atoms with Crippen molar-refractivity contribution in [3.05, 3.63) is 56.5 Å². The second-order valence-corrected chi connectivity index (χ2v) is 6.28. The average Bonchev–Trinajstić information content (AvgIpc) is 3.02. The summed E-state index contributed by atoms with van der Waals surface area (Å²) in [6, 6.07) is 8.36. The van der Waals surface area contributed by atoms with Gasteiger partial charge < -0.3 is 5.32 Å². The van der Waals surface area contributed by atoms with Gasteiger partial charge in [0.1, 0.15) is 5.82 Å². The lowest BCUT2D eigenvalue weighted by Crippen LogP contribution is -2.06. The van der Waals surface area contributed by atoms with E-state index in [-0.39, 0.29) is 5.69 Å². The quantitative estimate of drug-likeness (QED) is 0.549. The van der Waals surface area contributed by atoms with Crippen LogP contribution in [0.25, 0.3) is 10.9 Å². The second kappa shape index (κ2) is 6.70. The van der Waals surface area contributed by atoms with Gasteiger partial charge in [-0.15, -0.1) is 11.3 Å². The van der Waals surface area contributed by atoms with E-state index in [4.69, 9.17) is 0 Å². The number of fused-ring (bicyclic) bond motifs is 1. The number of nitro groups is 1. The molecule has 0 aliphatic carbocycles. The van der Waals surface area contributed by atoms with Crippen LogP contribution >= 0.6 is 11.3 Å². The molecule has 0 saturated carbocycles. The highest BCUT2D eigenvalue weighted by molar-refractivity contribution is 7.11. The van der Waals surface area contributed by atoms with Gasteiger partial charge in [-0.1, -0.05) is 6.92 Å². The van der Waals surface area contributed by atoms with Crippen molar-refractivity contribution >= 4 is 33.7 Å². The number of nitrogens with one attached hydrogen (secondary N) is 1. The first-order valence-corrected chi connectivity index (χ1v) is 8.20. The summed E-state index contributed by atoms with van der Waals surface area (Å²) in [5, 5.41) is 15.9. The van der Waals surface area contributed by atoms with Gasteiger partial charge in [-0.25, -0.2) is 9.97 Å². The maximum Gasteiger partial charge on any atom is 0.270 e. The number of nitro benzene ring substituents is 1. The highest BCUT2D eigenvalue weighted by atomic mass is 32.1. The lowest BCUT2D eigenvalue weighted by Gasteiger charge is -2.05. The molecule has 23 heavy (non-hydrogen) atoms. The average molecular weight is 328 g/mol. The summed E-state index contributed by atoms with van der Waals surface area (Å²) in [5.74, 6) is 0.763. The molecule has 0 aliphatic heterocycles. The lowest BCUT2D eigenvalue weighted by molar-refractivity contribution is -0.384. The molecule has 6 nitrogen and oxygen atoms in total. The smallest absolute Gasteiger partial charge is 0.270 e. The second-order valence-electron chi connectivity index (χ2n) is 5.08. The normalized spacial score (nSPS) is 10.8. The molecule has 3 aromatic rings. The Morgan fingerprint density at radius 2 is 2.17 bits per heavy atom. The Labute approximate surface area is 137 Å². The maximum absolute atomic E-state index is 10.8. The van der Waals surface area contributed by atoms with Crippen molar-refractivity contribution in [2.75, 3.05) is 11.9 Å². The first kappa shape index (κ1) is 15.4. The molecule has 7 heteroatoms. The van der Waals surface area contributed by atoms with Crippen LogP contribution in [0.3, 0.4) is 0 Å². The summed E-state index contributed by atoms with van der Waals surface area (Å²) in [7, 11) is 0. The number of hydrogen-bond donors (Lipinski definition) is 1. The Bertz CT molecular complexity index is 847. The van der Waals surface area contributed by atoms with Gasteiger partial charge in [0.15, 0.2) is 0 Å². The molecule has 0 unspecified atom stereocenters. The van der Waals surface area contributed by atoms with Crippen molar-refractivity contribution in [3.63, 3.8) is 0 Å². The largest absolute Gasteiger partial charge is 0.370 e. The molecular formula is C16H16N4O2S. The molecule has 0 amide bonds. The van der Waals surface area contributed by atoms with Crippen molar-refractivity contribution in [1.82, 2.24) is 9.97 Å². The summed E-state index contributed by atoms with van der Waals surface area (Å²) in [4.78, 5) is 20.5. The molecule has 2 aromatic heterocycles. The molecule has 1 N–H and O–H groups in total. The van der Waals surface area contributed by atoms with Crippen LogP contribution in [-0.4, -0.2) is 21.4 Å². The minimum Gasteiger partial charge on any atom is -0.370 e. The highest BCUT2D eigenvalue weighted by Crippen LogP contribution is 2.21. The topological polar surface area (TPSA) is 81.0 Å². The third-order valence-electron chi connectivity index (χ3n) is 3.48. The number of rotatable bonds is 6. The van der Waals surface area contributed by atoms with Crippen molar-refractivity contribution < 1.29 is 4.92 Å². The van der Waals surface area contributed by atoms with E-state index in [9.17, 15) is 10.1 Å². The first-order chi connectivity index (χ1) is 11.2. The van der Waals surface area contributed by atoms with E-state index < -0.39 is 4.92 Å². The molecule has 1 aromatic carbocycles. The number of benzene rings is 1. The maximum atomic E-state index is 10.8. The van der Waals surface area contributed by atoms with Crippen molar-refractivity contribution in [2.24, 2.45) is 0 Å². The van der Waals surface area contributed by atoms with E-state index in [2.05, 4.69) is 22.2 Å². The summed E-state index contributed by atoms with van der Waals surface area (Å²) in [5.41, 5.74) is 0.818. The number of nitrogens with zero attached hydrogens (tertiary/aromatic N) is 3. The van der Waals surface area contributed by atoms with E-state index in [1.165, 1.54) is 17.0 Å². The van der Waals surface area contributed by atoms with Gasteiger partial charge in [-0.2, -0.15) is 0 Å². The lowest BCUT2D eigenvalue weighted by atomic mass is 10.2. The number of anilines is 1. The van der Waals surface area contributed by atoms with Crippen LogP contribution in [0.5, 0.6) is 0 Å². The third-order valence-corrected chi connectivity index (χ3v) is 4.68. The molecule has 3 rings (SSSR count). The van der Waals surface area contributed by atoms with Crippen LogP contribution < -0.4 is 5.32 Å². The molecule has 0 radical (unpaired) electrons. The van der Waals surface area contributed by atoms with Gasteiger partial charge >= 0.3 is 0 Å². The van der Waals surface area contributed by atoms with Crippen LogP contribution in [0.15, 0.2) is 36.5 Å². The van der Waals surface area contributed by atoms with Crippen LogP contribution in [0.2, 0.25) is 0 Å². The monoisotopic (exact) mass is 328 g/mol. The molecule has 0 spiro atoms. The molecule has 0 aliphatic rings. The molecule has 0 bridgehead atoms. The van der Waals surface area contributed by atoms with E-state index in [1.807, 2.05) is 18.3 Å². The van der Waals surface area contributed by atoms with Crippen LogP contribution in [0.1, 0.15) is 16.8 Å². The Hall–Kier alpha value is -2.54. The van der Waals surface area contributed by atoms with Crippen molar-refractivity contribution in [3.8, 4) is 0 Å². The number of non-ortho nitro benzene ring substituents is 1. The van der Waals surface area contributed by atoms with Gasteiger partial charge in [-0.05, 0) is 24.6 Å². The Morgan fingerprint density at radius 1 is 1.30 bits per heavy atom. The van der Waals surface area contributed by atoms with Crippen LogP contribution in [0, 0.1) is 10.1 Å². The zero-order valence-electron chi connectivity index (χ0n) is 12.7.